The summed E-state index contributed by atoms with van der Waals surface area (Å²) < 4.78 is 12.9. The van der Waals surface area contributed by atoms with Crippen molar-refractivity contribution in [1.82, 2.24) is 9.38 Å². The van der Waals surface area contributed by atoms with E-state index in [0.717, 1.165) is 39.8 Å². The van der Waals surface area contributed by atoms with E-state index in [1.807, 2.05) is 29.8 Å². The third-order valence-corrected chi connectivity index (χ3v) is 4.16. The van der Waals surface area contributed by atoms with E-state index in [4.69, 9.17) is 20.2 Å². The Bertz CT molecular complexity index is 763. The number of rotatable bonds is 5. The van der Waals surface area contributed by atoms with Crippen molar-refractivity contribution in [3.8, 4) is 22.8 Å². The Balaban J connectivity index is 2.23. The van der Waals surface area contributed by atoms with Crippen LogP contribution in [-0.2, 0) is 6.42 Å². The Labute approximate surface area is 126 Å². The highest BCUT2D eigenvalue weighted by Crippen LogP contribution is 2.36. The molecule has 2 heterocycles. The maximum absolute atomic E-state index is 5.76. The number of ether oxygens (including phenoxy) is 2. The molecule has 2 aromatic heterocycles. The second-order valence-electron chi connectivity index (χ2n) is 4.57. The van der Waals surface area contributed by atoms with Gasteiger partial charge in [0.2, 0.25) is 0 Å². The molecule has 6 heteroatoms. The predicted molar refractivity (Wildman–Crippen MR) is 84.4 cm³/mol. The fourth-order valence-electron chi connectivity index (χ4n) is 2.42. The molecule has 0 unspecified atom stereocenters. The highest BCUT2D eigenvalue weighted by atomic mass is 32.1. The lowest BCUT2D eigenvalue weighted by Crippen LogP contribution is -2.06. The molecule has 3 aromatic rings. The van der Waals surface area contributed by atoms with Crippen LogP contribution in [0.25, 0.3) is 16.2 Å². The largest absolute Gasteiger partial charge is 0.497 e. The Morgan fingerprint density at radius 3 is 2.86 bits per heavy atom. The summed E-state index contributed by atoms with van der Waals surface area (Å²) in [5.41, 5.74) is 8.69. The molecular formula is C15H17N3O2S. The van der Waals surface area contributed by atoms with Gasteiger partial charge in [-0.1, -0.05) is 0 Å². The number of methoxy groups -OCH3 is 2. The molecule has 3 rings (SSSR count). The van der Waals surface area contributed by atoms with E-state index in [9.17, 15) is 0 Å². The van der Waals surface area contributed by atoms with Gasteiger partial charge >= 0.3 is 0 Å². The Morgan fingerprint density at radius 1 is 1.29 bits per heavy atom. The summed E-state index contributed by atoms with van der Waals surface area (Å²) in [7, 11) is 3.31. The molecule has 0 saturated heterocycles. The number of hydrogen-bond donors (Lipinski definition) is 1. The summed E-state index contributed by atoms with van der Waals surface area (Å²) in [4.78, 5) is 5.69. The van der Waals surface area contributed by atoms with Crippen LogP contribution in [0, 0.1) is 0 Å². The number of nitrogens with two attached hydrogens (primary N) is 1. The summed E-state index contributed by atoms with van der Waals surface area (Å²) in [5.74, 6) is 1.56. The van der Waals surface area contributed by atoms with Crippen LogP contribution >= 0.6 is 11.3 Å². The van der Waals surface area contributed by atoms with E-state index in [2.05, 4.69) is 4.40 Å². The molecule has 0 aliphatic carbocycles. The second-order valence-corrected chi connectivity index (χ2v) is 5.44. The van der Waals surface area contributed by atoms with Crippen LogP contribution in [0.15, 0.2) is 29.8 Å². The first kappa shape index (κ1) is 13.9. The topological polar surface area (TPSA) is 61.8 Å². The molecule has 0 spiro atoms. The van der Waals surface area contributed by atoms with E-state index in [-0.39, 0.29) is 0 Å². The van der Waals surface area contributed by atoms with E-state index in [1.165, 1.54) is 0 Å². The lowest BCUT2D eigenvalue weighted by atomic mass is 10.1. The highest BCUT2D eigenvalue weighted by Gasteiger charge is 2.18. The third kappa shape index (κ3) is 2.36. The number of fused-ring (bicyclic) bond motifs is 1. The number of hydrogen-bond acceptors (Lipinski definition) is 5. The molecule has 0 aliphatic rings. The molecule has 1 aromatic carbocycles. The van der Waals surface area contributed by atoms with Gasteiger partial charge < -0.3 is 15.2 Å². The number of nitrogens with zero attached hydrogens (tertiary/aromatic N) is 2. The minimum absolute atomic E-state index is 0.572. The van der Waals surface area contributed by atoms with Crippen LogP contribution in [-0.4, -0.2) is 30.1 Å². The number of aromatic nitrogens is 2. The number of thiazole rings is 1. The average Bonchev–Trinajstić information content (AvgIpc) is 3.09. The Kier molecular flexibility index (Phi) is 3.81. The van der Waals surface area contributed by atoms with E-state index in [0.29, 0.717) is 6.54 Å². The van der Waals surface area contributed by atoms with Gasteiger partial charge in [-0.05, 0) is 24.7 Å². The first-order valence-electron chi connectivity index (χ1n) is 6.65. The minimum atomic E-state index is 0.572. The maximum atomic E-state index is 5.76. The van der Waals surface area contributed by atoms with Crippen molar-refractivity contribution in [3.05, 3.63) is 35.5 Å². The van der Waals surface area contributed by atoms with Crippen molar-refractivity contribution in [2.75, 3.05) is 20.8 Å². The summed E-state index contributed by atoms with van der Waals surface area (Å²) in [6.45, 7) is 0.572. The molecule has 0 amide bonds. The lowest BCUT2D eigenvalue weighted by molar-refractivity contribution is 0.404. The molecule has 0 bridgehead atoms. The zero-order chi connectivity index (χ0) is 14.8. The molecule has 0 radical (unpaired) electrons. The molecule has 5 nitrogen and oxygen atoms in total. The zero-order valence-electron chi connectivity index (χ0n) is 12.0. The summed E-state index contributed by atoms with van der Waals surface area (Å²) in [6, 6.07) is 5.72. The Hall–Kier alpha value is -2.05. The van der Waals surface area contributed by atoms with Crippen LogP contribution in [0.5, 0.6) is 11.5 Å². The van der Waals surface area contributed by atoms with Crippen molar-refractivity contribution in [2.45, 2.75) is 6.42 Å². The van der Waals surface area contributed by atoms with Crippen molar-refractivity contribution >= 4 is 16.3 Å². The maximum Gasteiger partial charge on any atom is 0.194 e. The smallest absolute Gasteiger partial charge is 0.194 e. The van der Waals surface area contributed by atoms with Crippen LogP contribution in [0.2, 0.25) is 0 Å². The van der Waals surface area contributed by atoms with Crippen LogP contribution < -0.4 is 15.2 Å². The van der Waals surface area contributed by atoms with Gasteiger partial charge in [0.05, 0.1) is 25.6 Å². The van der Waals surface area contributed by atoms with Gasteiger partial charge in [0.25, 0.3) is 0 Å². The van der Waals surface area contributed by atoms with Crippen LogP contribution in [0.1, 0.15) is 5.69 Å². The van der Waals surface area contributed by atoms with Gasteiger partial charge in [0, 0.05) is 23.6 Å². The normalized spacial score (nSPS) is 11.0. The molecule has 21 heavy (non-hydrogen) atoms. The van der Waals surface area contributed by atoms with E-state index in [1.54, 1.807) is 25.6 Å². The van der Waals surface area contributed by atoms with Crippen molar-refractivity contribution in [1.29, 1.82) is 0 Å². The molecule has 0 saturated carbocycles. The SMILES string of the molecule is COc1ccc(OC)c(-c2nc3sccn3c2CCN)c1. The molecule has 2 N–H and O–H groups in total. The zero-order valence-corrected chi connectivity index (χ0v) is 12.8. The van der Waals surface area contributed by atoms with Crippen molar-refractivity contribution in [2.24, 2.45) is 5.73 Å². The standard InChI is InChI=1S/C15H17N3O2S/c1-19-10-3-4-13(20-2)11(9-10)14-12(5-6-16)18-7-8-21-15(18)17-14/h3-4,7-9H,5-6,16H2,1-2H3. The van der Waals surface area contributed by atoms with Gasteiger partial charge in [0.1, 0.15) is 11.5 Å². The molecule has 0 fully saturated rings. The third-order valence-electron chi connectivity index (χ3n) is 3.40. The quantitative estimate of drug-likeness (QED) is 0.787. The van der Waals surface area contributed by atoms with Crippen LogP contribution in [0.4, 0.5) is 0 Å². The minimum Gasteiger partial charge on any atom is -0.497 e. The van der Waals surface area contributed by atoms with Gasteiger partial charge in [-0.2, -0.15) is 0 Å². The van der Waals surface area contributed by atoms with E-state index >= 15 is 0 Å². The van der Waals surface area contributed by atoms with Crippen molar-refractivity contribution in [3.63, 3.8) is 0 Å². The molecule has 0 aliphatic heterocycles. The molecule has 110 valence electrons. The molecule has 0 atom stereocenters. The van der Waals surface area contributed by atoms with E-state index < -0.39 is 0 Å². The lowest BCUT2D eigenvalue weighted by Gasteiger charge is -2.10. The summed E-state index contributed by atoms with van der Waals surface area (Å²) >= 11 is 1.61. The number of benzene rings is 1. The van der Waals surface area contributed by atoms with Gasteiger partial charge in [-0.25, -0.2) is 4.98 Å². The van der Waals surface area contributed by atoms with Crippen LogP contribution in [0.3, 0.4) is 0 Å². The second kappa shape index (κ2) is 5.75. The fraction of sp³-hybridized carbons (Fsp3) is 0.267. The number of imidazole rings is 1. The van der Waals surface area contributed by atoms with Gasteiger partial charge in [0.15, 0.2) is 4.96 Å². The monoisotopic (exact) mass is 303 g/mol. The highest BCUT2D eigenvalue weighted by molar-refractivity contribution is 7.15. The summed E-state index contributed by atoms with van der Waals surface area (Å²) in [5, 5.41) is 2.02. The molecular weight excluding hydrogens is 286 g/mol. The first-order valence-corrected chi connectivity index (χ1v) is 7.53. The Morgan fingerprint density at radius 2 is 2.14 bits per heavy atom. The van der Waals surface area contributed by atoms with Gasteiger partial charge in [-0.3, -0.25) is 4.40 Å². The fourth-order valence-corrected chi connectivity index (χ4v) is 3.16. The summed E-state index contributed by atoms with van der Waals surface area (Å²) in [6.07, 6.45) is 2.78. The first-order chi connectivity index (χ1) is 10.3. The predicted octanol–water partition coefficient (Wildman–Crippen LogP) is 2.58. The van der Waals surface area contributed by atoms with Crippen molar-refractivity contribution < 1.29 is 9.47 Å². The van der Waals surface area contributed by atoms with Gasteiger partial charge in [-0.15, -0.1) is 11.3 Å². The average molecular weight is 303 g/mol.